The molecule has 0 bridgehead atoms. The fraction of sp³-hybridized carbons (Fsp3) is 0.375. The van der Waals surface area contributed by atoms with Crippen LogP contribution in [0.3, 0.4) is 0 Å². The van der Waals surface area contributed by atoms with Gasteiger partial charge in [-0.25, -0.2) is 14.8 Å². The van der Waals surface area contributed by atoms with Crippen LogP contribution in [0.1, 0.15) is 24.5 Å². The van der Waals surface area contributed by atoms with Crippen molar-refractivity contribution in [2.24, 2.45) is 0 Å². The molecule has 1 aromatic rings. The zero-order valence-corrected chi connectivity index (χ0v) is 10.1. The van der Waals surface area contributed by atoms with Gasteiger partial charge in [0.1, 0.15) is 0 Å². The van der Waals surface area contributed by atoms with Gasteiger partial charge in [0.15, 0.2) is 0 Å². The van der Waals surface area contributed by atoms with Crippen LogP contribution in [0.5, 0.6) is 0 Å². The maximum atomic E-state index is 11.2. The van der Waals surface area contributed by atoms with Crippen LogP contribution < -0.4 is 0 Å². The van der Waals surface area contributed by atoms with Crippen LogP contribution in [0.25, 0.3) is 0 Å². The number of hydrogen-bond acceptors (Lipinski definition) is 4. The van der Waals surface area contributed by atoms with Crippen LogP contribution in [0, 0.1) is 0 Å². The van der Waals surface area contributed by atoms with Gasteiger partial charge in [-0.1, -0.05) is 0 Å². The summed E-state index contributed by atoms with van der Waals surface area (Å²) in [6, 6.07) is 0. The molecule has 4 nitrogen and oxygen atoms in total. The van der Waals surface area contributed by atoms with Crippen LogP contribution in [0.15, 0.2) is 16.9 Å². The van der Waals surface area contributed by atoms with Crippen LogP contribution in [0.4, 0.5) is 0 Å². The molecular formula is C8H10BrClN2O2. The van der Waals surface area contributed by atoms with E-state index in [1.165, 1.54) is 12.4 Å². The molecule has 6 heteroatoms. The van der Waals surface area contributed by atoms with E-state index in [1.54, 1.807) is 13.8 Å². The Balaban J connectivity index is 0.00000169. The number of hydrogen-bond donors (Lipinski definition) is 0. The van der Waals surface area contributed by atoms with E-state index < -0.39 is 5.97 Å². The van der Waals surface area contributed by atoms with Crippen molar-refractivity contribution in [2.75, 3.05) is 0 Å². The minimum Gasteiger partial charge on any atom is -0.457 e. The molecule has 0 N–H and O–H groups in total. The van der Waals surface area contributed by atoms with Gasteiger partial charge in [-0.3, -0.25) is 0 Å². The van der Waals surface area contributed by atoms with Crippen LogP contribution in [-0.4, -0.2) is 22.0 Å². The van der Waals surface area contributed by atoms with E-state index in [0.29, 0.717) is 0 Å². The molecule has 0 aromatic carbocycles. The molecular weight excluding hydrogens is 271 g/mol. The first-order valence-electron chi connectivity index (χ1n) is 3.78. The Bertz CT molecular complexity index is 303. The lowest BCUT2D eigenvalue weighted by molar-refractivity contribution is 0.0363. The summed E-state index contributed by atoms with van der Waals surface area (Å²) >= 11 is 3.17. The summed E-state index contributed by atoms with van der Waals surface area (Å²) in [5.41, 5.74) is 0. The summed E-state index contributed by atoms with van der Waals surface area (Å²) in [5.74, 6) is -0.417. The number of carbonyl (C=O) groups excluding carboxylic acids is 1. The first-order chi connectivity index (χ1) is 6.09. The van der Waals surface area contributed by atoms with Gasteiger partial charge in [-0.05, 0) is 29.8 Å². The zero-order valence-electron chi connectivity index (χ0n) is 7.73. The number of esters is 1. The molecule has 0 radical (unpaired) electrons. The number of carbonyl (C=O) groups is 1. The topological polar surface area (TPSA) is 52.1 Å². The zero-order chi connectivity index (χ0) is 9.84. The van der Waals surface area contributed by atoms with Crippen molar-refractivity contribution in [3.05, 3.63) is 22.7 Å². The van der Waals surface area contributed by atoms with Gasteiger partial charge in [0.25, 0.3) is 0 Å². The Morgan fingerprint density at radius 3 is 2.36 bits per heavy atom. The molecule has 14 heavy (non-hydrogen) atoms. The Kier molecular flexibility index (Phi) is 5.64. The minimum atomic E-state index is -0.498. The summed E-state index contributed by atoms with van der Waals surface area (Å²) < 4.78 is 5.63. The maximum absolute atomic E-state index is 11.2. The SMILES string of the molecule is CC(C)OC(=O)c1ncc(Br)cn1.Cl. The molecule has 0 aliphatic rings. The second-order valence-electron chi connectivity index (χ2n) is 2.68. The molecule has 0 aliphatic carbocycles. The summed E-state index contributed by atoms with van der Waals surface area (Å²) in [6.07, 6.45) is 2.85. The van der Waals surface area contributed by atoms with E-state index >= 15 is 0 Å². The van der Waals surface area contributed by atoms with Crippen molar-refractivity contribution in [3.8, 4) is 0 Å². The molecule has 0 saturated heterocycles. The summed E-state index contributed by atoms with van der Waals surface area (Å²) in [7, 11) is 0. The fourth-order valence-electron chi connectivity index (χ4n) is 0.684. The third kappa shape index (κ3) is 4.02. The number of ether oxygens (including phenoxy) is 1. The lowest BCUT2D eigenvalue weighted by Crippen LogP contribution is -2.14. The predicted octanol–water partition coefficient (Wildman–Crippen LogP) is 2.23. The summed E-state index contributed by atoms with van der Waals surface area (Å²) in [6.45, 7) is 3.55. The van der Waals surface area contributed by atoms with Gasteiger partial charge >= 0.3 is 5.97 Å². The van der Waals surface area contributed by atoms with Crippen LogP contribution >= 0.6 is 28.3 Å². The van der Waals surface area contributed by atoms with Crippen LogP contribution in [-0.2, 0) is 4.74 Å². The van der Waals surface area contributed by atoms with E-state index in [2.05, 4.69) is 25.9 Å². The van der Waals surface area contributed by atoms with E-state index in [9.17, 15) is 4.79 Å². The second-order valence-corrected chi connectivity index (χ2v) is 3.59. The Morgan fingerprint density at radius 2 is 1.93 bits per heavy atom. The van der Waals surface area contributed by atoms with E-state index in [-0.39, 0.29) is 24.3 Å². The number of nitrogens with zero attached hydrogens (tertiary/aromatic N) is 2. The molecule has 78 valence electrons. The molecule has 0 fully saturated rings. The highest BCUT2D eigenvalue weighted by atomic mass is 79.9. The van der Waals surface area contributed by atoms with Gasteiger partial charge < -0.3 is 4.74 Å². The molecule has 0 spiro atoms. The van der Waals surface area contributed by atoms with Crippen molar-refractivity contribution < 1.29 is 9.53 Å². The van der Waals surface area contributed by atoms with Gasteiger partial charge in [-0.2, -0.15) is 0 Å². The third-order valence-electron chi connectivity index (χ3n) is 1.15. The molecule has 0 aliphatic heterocycles. The fourth-order valence-corrected chi connectivity index (χ4v) is 0.889. The molecule has 0 atom stereocenters. The molecule has 1 heterocycles. The quantitative estimate of drug-likeness (QED) is 0.780. The van der Waals surface area contributed by atoms with Crippen molar-refractivity contribution in [1.82, 2.24) is 9.97 Å². The normalized spacial score (nSPS) is 9.43. The van der Waals surface area contributed by atoms with Gasteiger partial charge in [-0.15, -0.1) is 12.4 Å². The molecule has 1 aromatic heterocycles. The van der Waals surface area contributed by atoms with E-state index in [4.69, 9.17) is 4.74 Å². The average Bonchev–Trinajstić information content (AvgIpc) is 2.04. The molecule has 0 unspecified atom stereocenters. The van der Waals surface area contributed by atoms with E-state index in [1.807, 2.05) is 0 Å². The first kappa shape index (κ1) is 13.3. The van der Waals surface area contributed by atoms with Crippen molar-refractivity contribution in [1.29, 1.82) is 0 Å². The Hall–Kier alpha value is -0.680. The van der Waals surface area contributed by atoms with Crippen molar-refractivity contribution >= 4 is 34.3 Å². The molecule has 1 rings (SSSR count). The molecule has 0 amide bonds. The van der Waals surface area contributed by atoms with Gasteiger partial charge in [0.2, 0.25) is 5.82 Å². The maximum Gasteiger partial charge on any atom is 0.376 e. The number of rotatable bonds is 2. The van der Waals surface area contributed by atoms with Crippen LogP contribution in [0.2, 0.25) is 0 Å². The van der Waals surface area contributed by atoms with Gasteiger partial charge in [0, 0.05) is 12.4 Å². The van der Waals surface area contributed by atoms with Crippen molar-refractivity contribution in [2.45, 2.75) is 20.0 Å². The highest BCUT2D eigenvalue weighted by Gasteiger charge is 2.11. The van der Waals surface area contributed by atoms with Crippen molar-refractivity contribution in [3.63, 3.8) is 0 Å². The Labute approximate surface area is 96.6 Å². The lowest BCUT2D eigenvalue weighted by Gasteiger charge is -2.05. The van der Waals surface area contributed by atoms with Gasteiger partial charge in [0.05, 0.1) is 10.6 Å². The Morgan fingerprint density at radius 1 is 1.43 bits per heavy atom. The lowest BCUT2D eigenvalue weighted by atomic mass is 10.5. The first-order valence-corrected chi connectivity index (χ1v) is 4.57. The highest BCUT2D eigenvalue weighted by molar-refractivity contribution is 9.10. The highest BCUT2D eigenvalue weighted by Crippen LogP contribution is 2.05. The standard InChI is InChI=1S/C8H9BrN2O2.ClH/c1-5(2)13-8(12)7-10-3-6(9)4-11-7;/h3-5H,1-2H3;1H. The van der Waals surface area contributed by atoms with E-state index in [0.717, 1.165) is 4.47 Å². The smallest absolute Gasteiger partial charge is 0.376 e. The number of halogens is 2. The predicted molar refractivity (Wildman–Crippen MR) is 57.5 cm³/mol. The third-order valence-corrected chi connectivity index (χ3v) is 1.56. The largest absolute Gasteiger partial charge is 0.457 e. The summed E-state index contributed by atoms with van der Waals surface area (Å²) in [5, 5.41) is 0. The average molecular weight is 282 g/mol. The monoisotopic (exact) mass is 280 g/mol. The minimum absolute atomic E-state index is 0. The number of aromatic nitrogens is 2. The summed E-state index contributed by atoms with van der Waals surface area (Å²) in [4.78, 5) is 18.8. The molecule has 0 saturated carbocycles. The second kappa shape index (κ2) is 5.93.